The molecule has 0 fully saturated rings. The van der Waals surface area contributed by atoms with Crippen molar-refractivity contribution in [3.63, 3.8) is 0 Å². The fourth-order valence-electron chi connectivity index (χ4n) is 8.88. The molecule has 0 aliphatic heterocycles. The molecular weight excluding hydrogens is 729 g/mol. The molecule has 0 saturated carbocycles. The minimum atomic E-state index is 0.0221. The highest BCUT2D eigenvalue weighted by molar-refractivity contribution is 5.69. The maximum absolute atomic E-state index is 12.1. The molecule has 0 aliphatic carbocycles. The van der Waals surface area contributed by atoms with Gasteiger partial charge in [0.2, 0.25) is 0 Å². The van der Waals surface area contributed by atoms with E-state index in [1.54, 1.807) is 0 Å². The number of allylic oxidation sites excluding steroid dienone is 4. The van der Waals surface area contributed by atoms with E-state index < -0.39 is 0 Å². The van der Waals surface area contributed by atoms with Crippen LogP contribution in [0.1, 0.15) is 335 Å². The molecule has 0 aromatic carbocycles. The van der Waals surface area contributed by atoms with Gasteiger partial charge >= 0.3 is 5.97 Å². The maximum Gasteiger partial charge on any atom is 0.305 e. The highest BCUT2D eigenvalue weighted by Gasteiger charge is 2.03. The monoisotopic (exact) mass is 841 g/mol. The number of carbonyl (C=O) groups excluding carboxylic acids is 1. The standard InChI is InChI=1S/C58H112O2/c1-3-5-7-9-11-13-15-17-19-21-22-23-24-25-26-27-28-29-30-31-32-33-34-35-36-37-38-39-40-41-42-44-46-48-50-52-54-56-58(59)60-57-55-53-51-49-47-45-43-20-18-16-14-12-10-8-6-4-2/h12,14,18,20H,3-11,13,15-17,19,21-57H2,1-2H3/b14-12-,20-18-. The molecule has 0 rings (SSSR count). The van der Waals surface area contributed by atoms with Crippen LogP contribution in [0.3, 0.4) is 0 Å². The summed E-state index contributed by atoms with van der Waals surface area (Å²) in [5.74, 6) is 0.0221. The molecule has 0 bridgehead atoms. The average molecular weight is 842 g/mol. The van der Waals surface area contributed by atoms with Gasteiger partial charge in [0.25, 0.3) is 0 Å². The van der Waals surface area contributed by atoms with Gasteiger partial charge in [0, 0.05) is 6.42 Å². The molecule has 0 aromatic rings. The predicted molar refractivity (Wildman–Crippen MR) is 271 cm³/mol. The van der Waals surface area contributed by atoms with Gasteiger partial charge in [0.05, 0.1) is 6.61 Å². The lowest BCUT2D eigenvalue weighted by Gasteiger charge is -2.06. The zero-order valence-corrected chi connectivity index (χ0v) is 41.7. The number of unbranched alkanes of at least 4 members (excludes halogenated alkanes) is 45. The SMILES string of the molecule is CCCCC/C=C\C/C=C\CCCCCCCCOC(=O)CCCCCCCCCCCCCCCCCCCCCCCCCCCCCCCCCCCCCCC. The van der Waals surface area contributed by atoms with Crippen LogP contribution in [0.5, 0.6) is 0 Å². The van der Waals surface area contributed by atoms with Crippen molar-refractivity contribution in [3.8, 4) is 0 Å². The molecule has 0 unspecified atom stereocenters. The van der Waals surface area contributed by atoms with Gasteiger partial charge in [-0.2, -0.15) is 0 Å². The van der Waals surface area contributed by atoms with E-state index in [2.05, 4.69) is 38.2 Å². The van der Waals surface area contributed by atoms with Gasteiger partial charge in [0.1, 0.15) is 0 Å². The van der Waals surface area contributed by atoms with Gasteiger partial charge in [-0.25, -0.2) is 0 Å². The quantitative estimate of drug-likeness (QED) is 0.0346. The van der Waals surface area contributed by atoms with Crippen molar-refractivity contribution in [2.24, 2.45) is 0 Å². The first-order valence-corrected chi connectivity index (χ1v) is 28.3. The second-order valence-electron chi connectivity index (χ2n) is 19.3. The average Bonchev–Trinajstić information content (AvgIpc) is 3.25. The van der Waals surface area contributed by atoms with Gasteiger partial charge in [-0.1, -0.05) is 308 Å². The van der Waals surface area contributed by atoms with Gasteiger partial charge in [-0.15, -0.1) is 0 Å². The zero-order chi connectivity index (χ0) is 43.2. The number of esters is 1. The minimum absolute atomic E-state index is 0.0221. The van der Waals surface area contributed by atoms with Crippen molar-refractivity contribution in [1.82, 2.24) is 0 Å². The van der Waals surface area contributed by atoms with Crippen LogP contribution >= 0.6 is 0 Å². The normalized spacial score (nSPS) is 11.8. The van der Waals surface area contributed by atoms with Crippen LogP contribution in [0.25, 0.3) is 0 Å². The summed E-state index contributed by atoms with van der Waals surface area (Å²) >= 11 is 0. The largest absolute Gasteiger partial charge is 0.466 e. The number of rotatable bonds is 53. The van der Waals surface area contributed by atoms with Crippen LogP contribution in [0, 0.1) is 0 Å². The molecule has 2 heteroatoms. The summed E-state index contributed by atoms with van der Waals surface area (Å²) in [6.45, 7) is 5.19. The summed E-state index contributed by atoms with van der Waals surface area (Å²) in [4.78, 5) is 12.1. The van der Waals surface area contributed by atoms with Crippen molar-refractivity contribution >= 4 is 5.97 Å². The Labute approximate surface area is 379 Å². The Morgan fingerprint density at radius 2 is 0.517 bits per heavy atom. The molecule has 0 N–H and O–H groups in total. The molecule has 0 amide bonds. The smallest absolute Gasteiger partial charge is 0.305 e. The van der Waals surface area contributed by atoms with Crippen LogP contribution in [0.4, 0.5) is 0 Å². The number of ether oxygens (including phenoxy) is 1. The summed E-state index contributed by atoms with van der Waals surface area (Å²) in [5, 5.41) is 0. The molecule has 60 heavy (non-hydrogen) atoms. The molecule has 0 spiro atoms. The van der Waals surface area contributed by atoms with E-state index in [1.165, 1.54) is 295 Å². The Bertz CT molecular complexity index is 829. The highest BCUT2D eigenvalue weighted by atomic mass is 16.5. The van der Waals surface area contributed by atoms with Gasteiger partial charge < -0.3 is 4.74 Å². The van der Waals surface area contributed by atoms with E-state index >= 15 is 0 Å². The van der Waals surface area contributed by atoms with Crippen molar-refractivity contribution in [3.05, 3.63) is 24.3 Å². The molecule has 0 atom stereocenters. The van der Waals surface area contributed by atoms with Crippen molar-refractivity contribution in [2.75, 3.05) is 6.61 Å². The van der Waals surface area contributed by atoms with E-state index in [1.807, 2.05) is 0 Å². The van der Waals surface area contributed by atoms with Gasteiger partial charge in [-0.05, 0) is 44.9 Å². The molecule has 0 radical (unpaired) electrons. The van der Waals surface area contributed by atoms with E-state index in [-0.39, 0.29) is 5.97 Å². The lowest BCUT2D eigenvalue weighted by Crippen LogP contribution is -2.05. The number of carbonyl (C=O) groups is 1. The van der Waals surface area contributed by atoms with Crippen molar-refractivity contribution < 1.29 is 9.53 Å². The molecular formula is C58H112O2. The lowest BCUT2D eigenvalue weighted by atomic mass is 10.0. The van der Waals surface area contributed by atoms with Crippen LogP contribution in [0.15, 0.2) is 24.3 Å². The van der Waals surface area contributed by atoms with Crippen LogP contribution in [-0.2, 0) is 9.53 Å². The zero-order valence-electron chi connectivity index (χ0n) is 41.7. The summed E-state index contributed by atoms with van der Waals surface area (Å²) in [6.07, 6.45) is 77.9. The first-order chi connectivity index (χ1) is 29.8. The second kappa shape index (κ2) is 56.0. The lowest BCUT2D eigenvalue weighted by molar-refractivity contribution is -0.143. The highest BCUT2D eigenvalue weighted by Crippen LogP contribution is 2.18. The van der Waals surface area contributed by atoms with Gasteiger partial charge in [-0.3, -0.25) is 4.79 Å². The fourth-order valence-corrected chi connectivity index (χ4v) is 8.88. The van der Waals surface area contributed by atoms with Crippen molar-refractivity contribution in [2.45, 2.75) is 335 Å². The molecule has 0 saturated heterocycles. The summed E-state index contributed by atoms with van der Waals surface area (Å²) in [5.41, 5.74) is 0. The van der Waals surface area contributed by atoms with E-state index in [4.69, 9.17) is 4.74 Å². The Morgan fingerprint density at radius 1 is 0.283 bits per heavy atom. The Kier molecular flexibility index (Phi) is 55.0. The molecule has 356 valence electrons. The first kappa shape index (κ1) is 58.9. The van der Waals surface area contributed by atoms with Crippen LogP contribution in [-0.4, -0.2) is 12.6 Å². The van der Waals surface area contributed by atoms with Crippen molar-refractivity contribution in [1.29, 1.82) is 0 Å². The summed E-state index contributed by atoms with van der Waals surface area (Å²) in [6, 6.07) is 0. The molecule has 2 nitrogen and oxygen atoms in total. The Morgan fingerprint density at radius 3 is 0.833 bits per heavy atom. The number of hydrogen-bond acceptors (Lipinski definition) is 2. The first-order valence-electron chi connectivity index (χ1n) is 28.3. The Balaban J connectivity index is 3.16. The van der Waals surface area contributed by atoms with E-state index in [9.17, 15) is 4.79 Å². The van der Waals surface area contributed by atoms with E-state index in [0.717, 1.165) is 19.3 Å². The topological polar surface area (TPSA) is 26.3 Å². The summed E-state index contributed by atoms with van der Waals surface area (Å²) in [7, 11) is 0. The van der Waals surface area contributed by atoms with E-state index in [0.29, 0.717) is 13.0 Å². The predicted octanol–water partition coefficient (Wildman–Crippen LogP) is 21.2. The maximum atomic E-state index is 12.1. The third-order valence-electron chi connectivity index (χ3n) is 13.1. The fraction of sp³-hybridized carbons (Fsp3) is 0.914. The molecule has 0 heterocycles. The molecule has 0 aromatic heterocycles. The summed E-state index contributed by atoms with van der Waals surface area (Å²) < 4.78 is 5.48. The van der Waals surface area contributed by atoms with Crippen LogP contribution in [0.2, 0.25) is 0 Å². The second-order valence-corrected chi connectivity index (χ2v) is 19.3. The third-order valence-corrected chi connectivity index (χ3v) is 13.1. The number of hydrogen-bond donors (Lipinski definition) is 0. The third kappa shape index (κ3) is 55.0. The van der Waals surface area contributed by atoms with Gasteiger partial charge in [0.15, 0.2) is 0 Å². The molecule has 0 aliphatic rings. The Hall–Kier alpha value is -1.05. The minimum Gasteiger partial charge on any atom is -0.466 e. The van der Waals surface area contributed by atoms with Crippen LogP contribution < -0.4 is 0 Å².